The van der Waals surface area contributed by atoms with Crippen LogP contribution < -0.4 is 20.1 Å². The molecule has 3 N–H and O–H groups in total. The smallest absolute Gasteiger partial charge is 0.262 e. The molecule has 2 amide bonds. The number of nitrogens with one attached hydrogen (secondary N) is 3. The summed E-state index contributed by atoms with van der Waals surface area (Å²) in [7, 11) is -2.49. The van der Waals surface area contributed by atoms with E-state index in [1.807, 2.05) is 0 Å². The van der Waals surface area contributed by atoms with E-state index in [0.717, 1.165) is 0 Å². The summed E-state index contributed by atoms with van der Waals surface area (Å²) in [5, 5.41) is 5.15. The zero-order chi connectivity index (χ0) is 18.9. The average molecular weight is 375 g/mol. The summed E-state index contributed by atoms with van der Waals surface area (Å²) in [5.74, 6) is -1.47. The Kier molecular flexibility index (Phi) is 4.56. The van der Waals surface area contributed by atoms with Crippen LogP contribution in [0.5, 0.6) is 5.75 Å². The number of anilines is 3. The molecule has 0 saturated carbocycles. The highest BCUT2D eigenvalue weighted by Gasteiger charge is 2.28. The van der Waals surface area contributed by atoms with Gasteiger partial charge in [0, 0.05) is 0 Å². The monoisotopic (exact) mass is 375 g/mol. The van der Waals surface area contributed by atoms with Gasteiger partial charge in [-0.1, -0.05) is 12.1 Å². The van der Waals surface area contributed by atoms with Crippen molar-refractivity contribution in [2.45, 2.75) is 11.8 Å². The van der Waals surface area contributed by atoms with Crippen molar-refractivity contribution >= 4 is 38.9 Å². The van der Waals surface area contributed by atoms with Gasteiger partial charge in [-0.05, 0) is 37.3 Å². The van der Waals surface area contributed by atoms with Crippen LogP contribution in [0.3, 0.4) is 0 Å². The molecule has 2 aromatic rings. The van der Waals surface area contributed by atoms with Crippen LogP contribution >= 0.6 is 0 Å². The summed E-state index contributed by atoms with van der Waals surface area (Å²) in [4.78, 5) is 23.8. The van der Waals surface area contributed by atoms with E-state index < -0.39 is 27.8 Å². The van der Waals surface area contributed by atoms with Gasteiger partial charge in [0.1, 0.15) is 11.7 Å². The van der Waals surface area contributed by atoms with E-state index >= 15 is 0 Å². The standard InChI is InChI=1S/C17H17N3O5S/c1-10-16(21)18-12-8-7-11(9-14(12)19-17(10)22)26(23,24)20-13-5-3-4-6-15(13)25-2/h3-10,20H,1-2H3,(H,18,21)(H,19,22). The molecule has 8 nitrogen and oxygen atoms in total. The summed E-state index contributed by atoms with van der Waals surface area (Å²) in [6, 6.07) is 10.7. The van der Waals surface area contributed by atoms with Gasteiger partial charge in [-0.3, -0.25) is 14.3 Å². The van der Waals surface area contributed by atoms with E-state index in [9.17, 15) is 18.0 Å². The topological polar surface area (TPSA) is 114 Å². The van der Waals surface area contributed by atoms with Crippen LogP contribution in [-0.4, -0.2) is 27.3 Å². The molecule has 2 aromatic carbocycles. The molecule has 0 spiro atoms. The molecule has 0 aliphatic carbocycles. The maximum Gasteiger partial charge on any atom is 0.262 e. The van der Waals surface area contributed by atoms with Gasteiger partial charge in [-0.15, -0.1) is 0 Å². The van der Waals surface area contributed by atoms with Gasteiger partial charge in [0.05, 0.1) is 29.1 Å². The first-order valence-corrected chi connectivity index (χ1v) is 9.22. The first kappa shape index (κ1) is 17.7. The molecule has 3 rings (SSSR count). The Bertz CT molecular complexity index is 988. The summed E-state index contributed by atoms with van der Waals surface area (Å²) < 4.78 is 33.0. The second kappa shape index (κ2) is 6.68. The van der Waals surface area contributed by atoms with Gasteiger partial charge in [0.15, 0.2) is 0 Å². The molecule has 1 atom stereocenters. The number of ether oxygens (including phenoxy) is 1. The Morgan fingerprint density at radius 3 is 2.35 bits per heavy atom. The Morgan fingerprint density at radius 2 is 1.65 bits per heavy atom. The van der Waals surface area contributed by atoms with Crippen LogP contribution in [0.2, 0.25) is 0 Å². The maximum atomic E-state index is 12.7. The summed E-state index contributed by atoms with van der Waals surface area (Å²) in [6.45, 7) is 1.47. The minimum atomic E-state index is -3.93. The molecular formula is C17H17N3O5S. The molecular weight excluding hydrogens is 358 g/mol. The highest BCUT2D eigenvalue weighted by Crippen LogP contribution is 2.31. The number of carbonyl (C=O) groups is 2. The van der Waals surface area contributed by atoms with Gasteiger partial charge in [0.2, 0.25) is 11.8 Å². The third kappa shape index (κ3) is 3.33. The number of hydrogen-bond donors (Lipinski definition) is 3. The van der Waals surface area contributed by atoms with Crippen molar-refractivity contribution in [3.63, 3.8) is 0 Å². The fourth-order valence-corrected chi connectivity index (χ4v) is 3.53. The van der Waals surface area contributed by atoms with Crippen molar-refractivity contribution in [3.05, 3.63) is 42.5 Å². The van der Waals surface area contributed by atoms with Gasteiger partial charge in [-0.25, -0.2) is 8.42 Å². The molecule has 9 heteroatoms. The molecule has 136 valence electrons. The van der Waals surface area contributed by atoms with Crippen molar-refractivity contribution in [2.24, 2.45) is 5.92 Å². The Morgan fingerprint density at radius 1 is 1.00 bits per heavy atom. The molecule has 0 fully saturated rings. The lowest BCUT2D eigenvalue weighted by molar-refractivity contribution is -0.128. The fraction of sp³-hybridized carbons (Fsp3) is 0.176. The van der Waals surface area contributed by atoms with Gasteiger partial charge in [0.25, 0.3) is 10.0 Å². The van der Waals surface area contributed by atoms with E-state index in [0.29, 0.717) is 11.4 Å². The van der Waals surface area contributed by atoms with Gasteiger partial charge >= 0.3 is 0 Å². The lowest BCUT2D eigenvalue weighted by atomic mass is 10.1. The normalized spacial score (nSPS) is 16.8. The second-order valence-electron chi connectivity index (χ2n) is 5.71. The molecule has 1 aliphatic rings. The Balaban J connectivity index is 1.96. The number of amides is 2. The number of methoxy groups -OCH3 is 1. The van der Waals surface area contributed by atoms with Crippen LogP contribution in [0.4, 0.5) is 17.1 Å². The first-order valence-electron chi connectivity index (χ1n) is 7.73. The number of rotatable bonds is 4. The van der Waals surface area contributed by atoms with E-state index in [1.54, 1.807) is 24.3 Å². The summed E-state index contributed by atoms with van der Waals surface area (Å²) in [6.07, 6.45) is 0. The molecule has 0 aromatic heterocycles. The number of fused-ring (bicyclic) bond motifs is 1. The minimum absolute atomic E-state index is 0.0636. The number of sulfonamides is 1. The summed E-state index contributed by atoms with van der Waals surface area (Å²) >= 11 is 0. The number of hydrogen-bond acceptors (Lipinski definition) is 5. The van der Waals surface area contributed by atoms with Gasteiger partial charge in [-0.2, -0.15) is 0 Å². The van der Waals surface area contributed by atoms with Crippen molar-refractivity contribution < 1.29 is 22.7 Å². The SMILES string of the molecule is COc1ccccc1NS(=O)(=O)c1ccc2c(c1)NC(=O)C(C)C(=O)N2. The van der Waals surface area contributed by atoms with Crippen molar-refractivity contribution in [1.29, 1.82) is 0 Å². The zero-order valence-corrected chi connectivity index (χ0v) is 14.9. The number of para-hydroxylation sites is 2. The second-order valence-corrected chi connectivity index (χ2v) is 7.40. The highest BCUT2D eigenvalue weighted by atomic mass is 32.2. The minimum Gasteiger partial charge on any atom is -0.495 e. The quantitative estimate of drug-likeness (QED) is 0.708. The lowest BCUT2D eigenvalue weighted by Gasteiger charge is -2.13. The van der Waals surface area contributed by atoms with Crippen LogP contribution in [0.1, 0.15) is 6.92 Å². The predicted molar refractivity (Wildman–Crippen MR) is 96.7 cm³/mol. The van der Waals surface area contributed by atoms with Crippen LogP contribution in [-0.2, 0) is 19.6 Å². The first-order chi connectivity index (χ1) is 12.3. The van der Waals surface area contributed by atoms with Crippen LogP contribution in [0.25, 0.3) is 0 Å². The van der Waals surface area contributed by atoms with Crippen LogP contribution in [0, 0.1) is 5.92 Å². The predicted octanol–water partition coefficient (Wildman–Crippen LogP) is 2.02. The molecule has 0 bridgehead atoms. The summed E-state index contributed by atoms with van der Waals surface area (Å²) in [5.41, 5.74) is 0.843. The molecule has 1 heterocycles. The van der Waals surface area contributed by atoms with E-state index in [4.69, 9.17) is 4.74 Å². The Hall–Kier alpha value is -3.07. The number of carbonyl (C=O) groups excluding carboxylic acids is 2. The van der Waals surface area contributed by atoms with Crippen LogP contribution in [0.15, 0.2) is 47.4 Å². The van der Waals surface area contributed by atoms with E-state index in [2.05, 4.69) is 15.4 Å². The number of benzene rings is 2. The lowest BCUT2D eigenvalue weighted by Crippen LogP contribution is -2.28. The van der Waals surface area contributed by atoms with Crippen molar-refractivity contribution in [1.82, 2.24) is 0 Å². The zero-order valence-electron chi connectivity index (χ0n) is 14.1. The molecule has 0 radical (unpaired) electrons. The van der Waals surface area contributed by atoms with Gasteiger partial charge < -0.3 is 15.4 Å². The third-order valence-electron chi connectivity index (χ3n) is 3.95. The fourth-order valence-electron chi connectivity index (χ4n) is 2.44. The maximum absolute atomic E-state index is 12.7. The highest BCUT2D eigenvalue weighted by molar-refractivity contribution is 7.92. The Labute approximate surface area is 150 Å². The molecule has 26 heavy (non-hydrogen) atoms. The van der Waals surface area contributed by atoms with Crippen molar-refractivity contribution in [3.8, 4) is 5.75 Å². The largest absolute Gasteiger partial charge is 0.495 e. The van der Waals surface area contributed by atoms with E-state index in [-0.39, 0.29) is 16.3 Å². The van der Waals surface area contributed by atoms with Crippen molar-refractivity contribution in [2.75, 3.05) is 22.5 Å². The molecule has 1 aliphatic heterocycles. The average Bonchev–Trinajstić information content (AvgIpc) is 2.72. The van der Waals surface area contributed by atoms with E-state index in [1.165, 1.54) is 32.2 Å². The molecule has 0 saturated heterocycles. The molecule has 1 unspecified atom stereocenters. The third-order valence-corrected chi connectivity index (χ3v) is 5.32.